The van der Waals surface area contributed by atoms with Gasteiger partial charge in [0.05, 0.1) is 5.33 Å². The summed E-state index contributed by atoms with van der Waals surface area (Å²) in [6.45, 7) is 4.31. The summed E-state index contributed by atoms with van der Waals surface area (Å²) in [5, 5.41) is 0.451. The summed E-state index contributed by atoms with van der Waals surface area (Å²) in [6.07, 6.45) is 2.61. The predicted molar refractivity (Wildman–Crippen MR) is 67.7 cm³/mol. The molecule has 0 aliphatic carbocycles. The Morgan fingerprint density at radius 1 is 1.20 bits per heavy atom. The van der Waals surface area contributed by atoms with Gasteiger partial charge in [0.2, 0.25) is 0 Å². The zero-order valence-corrected chi connectivity index (χ0v) is 10.9. The van der Waals surface area contributed by atoms with Gasteiger partial charge >= 0.3 is 0 Å². The molecule has 0 atom stereocenters. The lowest BCUT2D eigenvalue weighted by atomic mass is 9.94. The first-order valence-electron chi connectivity index (χ1n) is 5.40. The maximum atomic E-state index is 11.4. The van der Waals surface area contributed by atoms with Crippen LogP contribution < -0.4 is 0 Å². The first kappa shape index (κ1) is 12.4. The first-order chi connectivity index (χ1) is 7.22. The Bertz CT molecular complexity index is 344. The van der Waals surface area contributed by atoms with E-state index in [1.165, 1.54) is 16.7 Å². The van der Waals surface area contributed by atoms with Gasteiger partial charge in [-0.05, 0) is 29.5 Å². The summed E-state index contributed by atoms with van der Waals surface area (Å²) in [5.41, 5.74) is 3.92. The molecule has 0 amide bonds. The van der Waals surface area contributed by atoms with Crippen molar-refractivity contribution in [2.75, 3.05) is 5.33 Å². The van der Waals surface area contributed by atoms with Crippen LogP contribution in [0.5, 0.6) is 0 Å². The van der Waals surface area contributed by atoms with Crippen LogP contribution in [0, 0.1) is 0 Å². The summed E-state index contributed by atoms with van der Waals surface area (Å²) in [4.78, 5) is 11.4. The minimum atomic E-state index is 0.248. The molecule has 0 bridgehead atoms. The number of halogens is 1. The smallest absolute Gasteiger partial charge is 0.147 e. The molecule has 0 fully saturated rings. The molecule has 0 aliphatic heterocycles. The maximum absolute atomic E-state index is 11.4. The number of carbonyl (C=O) groups is 1. The number of carbonyl (C=O) groups excluding carboxylic acids is 1. The SMILES string of the molecule is CCc1cccc(CC(=O)CBr)c1CC. The van der Waals surface area contributed by atoms with Gasteiger partial charge in [-0.25, -0.2) is 0 Å². The molecule has 1 aromatic rings. The van der Waals surface area contributed by atoms with Crippen molar-refractivity contribution in [3.8, 4) is 0 Å². The van der Waals surface area contributed by atoms with E-state index in [0.717, 1.165) is 12.8 Å². The van der Waals surface area contributed by atoms with Crippen molar-refractivity contribution in [3.05, 3.63) is 34.9 Å². The Labute approximate surface area is 100 Å². The molecule has 0 aromatic heterocycles. The number of rotatable bonds is 5. The minimum Gasteiger partial charge on any atom is -0.298 e. The van der Waals surface area contributed by atoms with Crippen molar-refractivity contribution in [1.29, 1.82) is 0 Å². The van der Waals surface area contributed by atoms with Crippen LogP contribution >= 0.6 is 15.9 Å². The third kappa shape index (κ3) is 3.16. The minimum absolute atomic E-state index is 0.248. The highest BCUT2D eigenvalue weighted by Gasteiger charge is 2.08. The fourth-order valence-electron chi connectivity index (χ4n) is 1.90. The summed E-state index contributed by atoms with van der Waals surface area (Å²) in [6, 6.07) is 6.27. The van der Waals surface area contributed by atoms with E-state index in [-0.39, 0.29) is 5.78 Å². The molecule has 0 unspecified atom stereocenters. The van der Waals surface area contributed by atoms with Crippen LogP contribution in [0.4, 0.5) is 0 Å². The van der Waals surface area contributed by atoms with Gasteiger partial charge in [0, 0.05) is 6.42 Å². The number of hydrogen-bond acceptors (Lipinski definition) is 1. The molecule has 1 aromatic carbocycles. The highest BCUT2D eigenvalue weighted by atomic mass is 79.9. The number of hydrogen-bond donors (Lipinski definition) is 0. The third-order valence-corrected chi connectivity index (χ3v) is 3.27. The van der Waals surface area contributed by atoms with E-state index < -0.39 is 0 Å². The van der Waals surface area contributed by atoms with Crippen LogP contribution in [0.25, 0.3) is 0 Å². The van der Waals surface area contributed by atoms with Crippen molar-refractivity contribution in [2.24, 2.45) is 0 Å². The van der Waals surface area contributed by atoms with Crippen LogP contribution in [0.15, 0.2) is 18.2 Å². The Kier molecular flexibility index (Phi) is 5.03. The molecule has 0 heterocycles. The lowest BCUT2D eigenvalue weighted by Crippen LogP contribution is -2.07. The molecule has 0 saturated heterocycles. The van der Waals surface area contributed by atoms with Gasteiger partial charge in [0.15, 0.2) is 0 Å². The third-order valence-electron chi connectivity index (χ3n) is 2.64. The van der Waals surface area contributed by atoms with Crippen molar-refractivity contribution >= 4 is 21.7 Å². The average Bonchev–Trinajstić information content (AvgIpc) is 2.28. The number of alkyl halides is 1. The molecule has 2 heteroatoms. The van der Waals surface area contributed by atoms with Crippen molar-refractivity contribution < 1.29 is 4.79 Å². The summed E-state index contributed by atoms with van der Waals surface area (Å²) in [5.74, 6) is 0.248. The Hall–Kier alpha value is -0.630. The largest absolute Gasteiger partial charge is 0.298 e. The van der Waals surface area contributed by atoms with Crippen molar-refractivity contribution in [1.82, 2.24) is 0 Å². The zero-order chi connectivity index (χ0) is 11.3. The van der Waals surface area contributed by atoms with E-state index in [1.54, 1.807) is 0 Å². The molecule has 1 rings (SSSR count). The van der Waals surface area contributed by atoms with E-state index >= 15 is 0 Å². The summed E-state index contributed by atoms with van der Waals surface area (Å²) >= 11 is 3.20. The number of benzene rings is 1. The van der Waals surface area contributed by atoms with E-state index in [0.29, 0.717) is 11.8 Å². The fourth-order valence-corrected chi connectivity index (χ4v) is 2.10. The average molecular weight is 269 g/mol. The molecular weight excluding hydrogens is 252 g/mol. The lowest BCUT2D eigenvalue weighted by molar-refractivity contribution is -0.115. The molecule has 0 aliphatic rings. The predicted octanol–water partition coefficient (Wildman–Crippen LogP) is 3.32. The van der Waals surface area contributed by atoms with Crippen molar-refractivity contribution in [3.63, 3.8) is 0 Å². The van der Waals surface area contributed by atoms with E-state index in [1.807, 2.05) is 0 Å². The van der Waals surface area contributed by atoms with Crippen molar-refractivity contribution in [2.45, 2.75) is 33.1 Å². The van der Waals surface area contributed by atoms with Crippen LogP contribution in [0.2, 0.25) is 0 Å². The van der Waals surface area contributed by atoms with Gasteiger partial charge in [-0.2, -0.15) is 0 Å². The van der Waals surface area contributed by atoms with Crippen LogP contribution in [0.3, 0.4) is 0 Å². The lowest BCUT2D eigenvalue weighted by Gasteiger charge is -2.11. The molecule has 0 saturated carbocycles. The monoisotopic (exact) mass is 268 g/mol. The maximum Gasteiger partial charge on any atom is 0.147 e. The van der Waals surface area contributed by atoms with Gasteiger partial charge in [0.1, 0.15) is 5.78 Å². The molecule has 1 nitrogen and oxygen atoms in total. The number of Topliss-reactive ketones (excluding diaryl/α,β-unsaturated/α-hetero) is 1. The molecule has 0 N–H and O–H groups in total. The molecule has 82 valence electrons. The highest BCUT2D eigenvalue weighted by molar-refractivity contribution is 9.09. The first-order valence-corrected chi connectivity index (χ1v) is 6.52. The normalized spacial score (nSPS) is 10.3. The van der Waals surface area contributed by atoms with Crippen LogP contribution in [-0.4, -0.2) is 11.1 Å². The van der Waals surface area contributed by atoms with Gasteiger partial charge in [-0.15, -0.1) is 0 Å². The molecule has 0 radical (unpaired) electrons. The Balaban J connectivity index is 3.00. The second-order valence-corrected chi connectivity index (χ2v) is 4.17. The van der Waals surface area contributed by atoms with Crippen LogP contribution in [0.1, 0.15) is 30.5 Å². The summed E-state index contributed by atoms with van der Waals surface area (Å²) < 4.78 is 0. The summed E-state index contributed by atoms with van der Waals surface area (Å²) in [7, 11) is 0. The molecular formula is C13H17BrO. The van der Waals surface area contributed by atoms with E-state index in [9.17, 15) is 4.79 Å². The van der Waals surface area contributed by atoms with Gasteiger partial charge in [0.25, 0.3) is 0 Å². The highest BCUT2D eigenvalue weighted by Crippen LogP contribution is 2.17. The van der Waals surface area contributed by atoms with E-state index in [4.69, 9.17) is 0 Å². The quantitative estimate of drug-likeness (QED) is 0.749. The number of aryl methyl sites for hydroxylation is 1. The second-order valence-electron chi connectivity index (χ2n) is 3.61. The van der Waals surface area contributed by atoms with Gasteiger partial charge in [-0.1, -0.05) is 48.0 Å². The topological polar surface area (TPSA) is 17.1 Å². The number of ketones is 1. The zero-order valence-electron chi connectivity index (χ0n) is 9.35. The van der Waals surface area contributed by atoms with Gasteiger partial charge in [-0.3, -0.25) is 4.79 Å². The molecule has 15 heavy (non-hydrogen) atoms. The van der Waals surface area contributed by atoms with Crippen LogP contribution in [-0.2, 0) is 24.1 Å². The van der Waals surface area contributed by atoms with Gasteiger partial charge < -0.3 is 0 Å². The standard InChI is InChI=1S/C13H17BrO/c1-3-10-6-5-7-11(13(10)4-2)8-12(15)9-14/h5-7H,3-4,8-9H2,1-2H3. The Morgan fingerprint density at radius 2 is 1.87 bits per heavy atom. The molecule has 0 spiro atoms. The second kappa shape index (κ2) is 6.06. The Morgan fingerprint density at radius 3 is 2.40 bits per heavy atom. The van der Waals surface area contributed by atoms with E-state index in [2.05, 4.69) is 48.0 Å². The fraction of sp³-hybridized carbons (Fsp3) is 0.462.